The molecule has 4 heterocycles. The van der Waals surface area contributed by atoms with Crippen LogP contribution in [-0.2, 0) is 42.2 Å². The molecule has 1 aromatic rings. The average Bonchev–Trinajstić information content (AvgIpc) is 3.88. The third kappa shape index (κ3) is 22.7. The average molecular weight is 860 g/mol. The number of nitrogens with zero attached hydrogens (tertiary/aromatic N) is 6. The van der Waals surface area contributed by atoms with Crippen LogP contribution in [0.1, 0.15) is 134 Å². The third-order valence-corrected chi connectivity index (χ3v) is 11.3. The van der Waals surface area contributed by atoms with Gasteiger partial charge in [-0.2, -0.15) is 0 Å². The fourth-order valence-electron chi connectivity index (χ4n) is 6.90. The minimum absolute atomic E-state index is 0.119. The van der Waals surface area contributed by atoms with E-state index in [0.717, 1.165) is 84.1 Å². The number of imidazole rings is 1. The Balaban J connectivity index is 0.000000382. The zero-order valence-corrected chi connectivity index (χ0v) is 41.5. The molecular formula is C48H89N7O6. The minimum Gasteiger partial charge on any atom is -0.378 e. The van der Waals surface area contributed by atoms with Gasteiger partial charge in [0.25, 0.3) is 0 Å². The molecule has 0 unspecified atom stereocenters. The van der Waals surface area contributed by atoms with Crippen molar-refractivity contribution in [1.29, 1.82) is 0 Å². The number of ketones is 2. The largest absolute Gasteiger partial charge is 0.378 e. The van der Waals surface area contributed by atoms with Gasteiger partial charge in [-0.15, -0.1) is 0 Å². The number of nitrogens with one attached hydrogen (secondary N) is 1. The molecule has 61 heavy (non-hydrogen) atoms. The van der Waals surface area contributed by atoms with Crippen LogP contribution in [0, 0.1) is 34.0 Å². The predicted molar refractivity (Wildman–Crippen MR) is 247 cm³/mol. The molecule has 0 bridgehead atoms. The van der Waals surface area contributed by atoms with Gasteiger partial charge in [0.05, 0.1) is 13.2 Å². The number of morpholine rings is 1. The van der Waals surface area contributed by atoms with Crippen molar-refractivity contribution in [2.45, 2.75) is 135 Å². The summed E-state index contributed by atoms with van der Waals surface area (Å²) in [4.78, 5) is 70.1. The van der Waals surface area contributed by atoms with Crippen molar-refractivity contribution in [3.05, 3.63) is 18.2 Å². The van der Waals surface area contributed by atoms with Crippen LogP contribution in [-0.4, -0.2) is 144 Å². The highest BCUT2D eigenvalue weighted by Gasteiger charge is 2.29. The molecule has 1 aromatic heterocycles. The van der Waals surface area contributed by atoms with Crippen molar-refractivity contribution in [3.63, 3.8) is 0 Å². The van der Waals surface area contributed by atoms with Crippen LogP contribution in [0.3, 0.4) is 0 Å². The van der Waals surface area contributed by atoms with Crippen LogP contribution in [0.4, 0.5) is 0 Å². The van der Waals surface area contributed by atoms with E-state index in [1.807, 2.05) is 123 Å². The van der Waals surface area contributed by atoms with Crippen molar-refractivity contribution in [3.8, 4) is 0 Å². The summed E-state index contributed by atoms with van der Waals surface area (Å²) in [7, 11) is 4.04. The van der Waals surface area contributed by atoms with Crippen molar-refractivity contribution >= 4 is 29.3 Å². The van der Waals surface area contributed by atoms with Gasteiger partial charge in [-0.25, -0.2) is 4.98 Å². The predicted octanol–water partition coefficient (Wildman–Crippen LogP) is 6.53. The summed E-state index contributed by atoms with van der Waals surface area (Å²) in [6, 6.07) is 0. The molecular weight excluding hydrogens is 771 g/mol. The summed E-state index contributed by atoms with van der Waals surface area (Å²) in [5.74, 6) is 3.48. The molecule has 4 aliphatic rings. The Hall–Kier alpha value is -3.16. The summed E-state index contributed by atoms with van der Waals surface area (Å²) in [6.07, 6.45) is 11.0. The number of rotatable bonds is 7. The SMILES string of the molecule is CC(C)(C)C(=O)CC1CCCC1.CC(C)C(=O)N1CCNCC1.CC(C)C(=O)N1CCOCC1.CN1CCN(C(=O)C(C)(C)C)CC1.Cn1ccnc1CCC(=O)C(C)(C)C. The molecule has 0 aromatic carbocycles. The normalized spacial score (nSPS) is 17.8. The minimum atomic E-state index is -0.231. The molecule has 3 aliphatic heterocycles. The lowest BCUT2D eigenvalue weighted by molar-refractivity contribution is -0.141. The number of aromatic nitrogens is 2. The molecule has 352 valence electrons. The fraction of sp³-hybridized carbons (Fsp3) is 0.833. The van der Waals surface area contributed by atoms with Crippen molar-refractivity contribution in [2.24, 2.45) is 41.0 Å². The molecule has 13 heteroatoms. The van der Waals surface area contributed by atoms with E-state index in [0.29, 0.717) is 37.1 Å². The zero-order chi connectivity index (χ0) is 46.6. The number of hydrogen-bond acceptors (Lipinski definition) is 9. The molecule has 0 spiro atoms. The smallest absolute Gasteiger partial charge is 0.228 e. The maximum absolute atomic E-state index is 11.8. The van der Waals surface area contributed by atoms with Gasteiger partial charge in [-0.3, -0.25) is 24.0 Å². The molecule has 3 saturated heterocycles. The molecule has 1 saturated carbocycles. The Morgan fingerprint density at radius 3 is 1.56 bits per heavy atom. The molecule has 4 fully saturated rings. The van der Waals surface area contributed by atoms with E-state index in [-0.39, 0.29) is 45.8 Å². The highest BCUT2D eigenvalue weighted by molar-refractivity contribution is 5.84. The molecule has 1 N–H and O–H groups in total. The summed E-state index contributed by atoms with van der Waals surface area (Å²) in [5, 5.41) is 3.21. The Labute approximate surface area is 371 Å². The number of carbonyl (C=O) groups is 5. The van der Waals surface area contributed by atoms with Crippen molar-refractivity contribution in [1.82, 2.24) is 34.5 Å². The zero-order valence-electron chi connectivity index (χ0n) is 41.5. The first-order chi connectivity index (χ1) is 28.2. The van der Waals surface area contributed by atoms with E-state index < -0.39 is 0 Å². The monoisotopic (exact) mass is 860 g/mol. The standard InChI is InChI=1S/C11H18N2O.C11H20O.C10H20N2O.C8H16N2O.C8H15NO2/c1-11(2,3)9(14)5-6-10-12-7-8-13(10)4;1-11(2,3)10(12)8-9-6-4-5-7-9;1-10(2,3)9(13)12-7-5-11(4)6-8-12;1-7(2)8(11)10-5-3-9-4-6-10;1-7(2)8(10)9-3-5-11-6-4-9/h7-8H,5-6H2,1-4H3;9H,4-8H2,1-3H3;5-8H2,1-4H3;7,9H,3-6H2,1-2H3;7H,3-6H2,1-2H3. The van der Waals surface area contributed by atoms with E-state index in [4.69, 9.17) is 4.74 Å². The van der Waals surface area contributed by atoms with Crippen LogP contribution >= 0.6 is 0 Å². The van der Waals surface area contributed by atoms with Crippen molar-refractivity contribution in [2.75, 3.05) is 85.7 Å². The number of hydrogen-bond donors (Lipinski definition) is 1. The van der Waals surface area contributed by atoms with E-state index in [1.54, 1.807) is 6.20 Å². The topological polar surface area (TPSA) is 137 Å². The summed E-state index contributed by atoms with van der Waals surface area (Å²) in [5.41, 5.74) is -0.580. The van der Waals surface area contributed by atoms with Gasteiger partial charge in [0.2, 0.25) is 17.7 Å². The van der Waals surface area contributed by atoms with E-state index in [1.165, 1.54) is 25.7 Å². The second-order valence-electron chi connectivity index (χ2n) is 20.8. The van der Waals surface area contributed by atoms with Gasteiger partial charge in [-0.1, -0.05) is 116 Å². The summed E-state index contributed by atoms with van der Waals surface area (Å²) in [6.45, 7) is 35.9. The lowest BCUT2D eigenvalue weighted by Crippen LogP contribution is -2.50. The molecule has 3 amide bonds. The molecule has 0 atom stereocenters. The number of aryl methyl sites for hydroxylation is 2. The summed E-state index contributed by atoms with van der Waals surface area (Å²) < 4.78 is 7.09. The molecule has 5 rings (SSSR count). The van der Waals surface area contributed by atoms with Crippen LogP contribution in [0.5, 0.6) is 0 Å². The lowest BCUT2D eigenvalue weighted by atomic mass is 9.85. The number of likely N-dealkylation sites (N-methyl/N-ethyl adjacent to an activating group) is 1. The van der Waals surface area contributed by atoms with Gasteiger partial charge in [0, 0.05) is 132 Å². The van der Waals surface area contributed by atoms with Gasteiger partial charge in [-0.05, 0) is 13.0 Å². The second kappa shape index (κ2) is 27.1. The molecule has 0 radical (unpaired) electrons. The quantitative estimate of drug-likeness (QED) is 0.325. The number of carbonyl (C=O) groups excluding carboxylic acids is 5. The maximum Gasteiger partial charge on any atom is 0.228 e. The van der Waals surface area contributed by atoms with Gasteiger partial charge in [0.1, 0.15) is 17.4 Å². The Morgan fingerprint density at radius 1 is 0.672 bits per heavy atom. The van der Waals surface area contributed by atoms with Crippen molar-refractivity contribution < 1.29 is 28.7 Å². The Morgan fingerprint density at radius 2 is 1.15 bits per heavy atom. The number of Topliss-reactive ketones (excluding diaryl/α,β-unsaturated/α-hetero) is 2. The van der Waals surface area contributed by atoms with Gasteiger partial charge < -0.3 is 34.2 Å². The Kier molecular flexibility index (Phi) is 24.8. The van der Waals surface area contributed by atoms with E-state index >= 15 is 0 Å². The first-order valence-electron chi connectivity index (χ1n) is 23.1. The van der Waals surface area contributed by atoms with Gasteiger partial charge >= 0.3 is 0 Å². The second-order valence-corrected chi connectivity index (χ2v) is 20.8. The fourth-order valence-corrected chi connectivity index (χ4v) is 6.90. The number of ether oxygens (including phenoxy) is 1. The lowest BCUT2D eigenvalue weighted by Gasteiger charge is -2.36. The van der Waals surface area contributed by atoms with E-state index in [9.17, 15) is 24.0 Å². The first kappa shape index (κ1) is 55.9. The highest BCUT2D eigenvalue weighted by Crippen LogP contribution is 2.31. The molecule has 1 aliphatic carbocycles. The highest BCUT2D eigenvalue weighted by atomic mass is 16.5. The van der Waals surface area contributed by atoms with Crippen LogP contribution < -0.4 is 5.32 Å². The first-order valence-corrected chi connectivity index (χ1v) is 23.1. The number of piperazine rings is 2. The van der Waals surface area contributed by atoms with Crippen LogP contribution in [0.25, 0.3) is 0 Å². The third-order valence-electron chi connectivity index (χ3n) is 11.3. The summed E-state index contributed by atoms with van der Waals surface area (Å²) >= 11 is 0. The van der Waals surface area contributed by atoms with Crippen LogP contribution in [0.15, 0.2) is 12.4 Å². The molecule has 13 nitrogen and oxygen atoms in total. The van der Waals surface area contributed by atoms with Gasteiger partial charge in [0.15, 0.2) is 0 Å². The van der Waals surface area contributed by atoms with E-state index in [2.05, 4.69) is 22.2 Å². The maximum atomic E-state index is 11.8. The Bertz CT molecular complexity index is 1410. The number of amides is 3. The van der Waals surface area contributed by atoms with Crippen LogP contribution in [0.2, 0.25) is 0 Å².